The molecule has 0 aliphatic carbocycles. The zero-order chi connectivity index (χ0) is 25.8. The first-order valence-corrected chi connectivity index (χ1v) is 14.6. The SMILES string of the molecule is CCN1CCN(c2nc(-c3ccc(-c4ccc(S(=O)(=O)CCCO)cc4)cc3)cc3ccccc23)CC1. The Labute approximate surface area is 219 Å². The predicted octanol–water partition coefficient (Wildman–Crippen LogP) is 4.87. The van der Waals surface area contributed by atoms with Gasteiger partial charge in [-0.05, 0) is 47.7 Å². The smallest absolute Gasteiger partial charge is 0.178 e. The average Bonchev–Trinajstić information content (AvgIpc) is 2.96. The van der Waals surface area contributed by atoms with Crippen molar-refractivity contribution in [2.75, 3.05) is 50.0 Å². The number of aromatic nitrogens is 1. The van der Waals surface area contributed by atoms with Gasteiger partial charge in [0, 0.05) is 43.7 Å². The van der Waals surface area contributed by atoms with Gasteiger partial charge < -0.3 is 14.9 Å². The highest BCUT2D eigenvalue weighted by Gasteiger charge is 2.20. The van der Waals surface area contributed by atoms with Crippen LogP contribution in [0.15, 0.2) is 83.8 Å². The van der Waals surface area contributed by atoms with Crippen LogP contribution < -0.4 is 4.90 Å². The number of hydrogen-bond donors (Lipinski definition) is 1. The number of nitrogens with zero attached hydrogens (tertiary/aromatic N) is 3. The molecule has 0 spiro atoms. The molecule has 0 bridgehead atoms. The molecule has 192 valence electrons. The minimum atomic E-state index is -3.38. The molecule has 0 saturated carbocycles. The van der Waals surface area contributed by atoms with Crippen molar-refractivity contribution in [3.63, 3.8) is 0 Å². The number of likely N-dealkylation sites (N-methyl/N-ethyl adjacent to an activating group) is 1. The molecule has 1 N–H and O–H groups in total. The maximum atomic E-state index is 12.4. The minimum absolute atomic E-state index is 0.0490. The summed E-state index contributed by atoms with van der Waals surface area (Å²) in [6, 6.07) is 25.8. The quantitative estimate of drug-likeness (QED) is 0.361. The van der Waals surface area contributed by atoms with Gasteiger partial charge in [-0.15, -0.1) is 0 Å². The van der Waals surface area contributed by atoms with Crippen molar-refractivity contribution in [3.05, 3.63) is 78.9 Å². The highest BCUT2D eigenvalue weighted by Crippen LogP contribution is 2.32. The summed E-state index contributed by atoms with van der Waals surface area (Å²) in [5.74, 6) is 0.998. The largest absolute Gasteiger partial charge is 0.396 e. The number of piperazine rings is 1. The van der Waals surface area contributed by atoms with Crippen LogP contribution in [0.1, 0.15) is 13.3 Å². The van der Waals surface area contributed by atoms with Crippen LogP contribution in [-0.4, -0.2) is 68.5 Å². The standard InChI is InChI=1S/C30H33N3O3S/c1-2-32-16-18-33(19-17-32)30-28-7-4-3-6-26(28)22-29(31-30)25-10-8-23(9-11-25)24-12-14-27(15-13-24)37(35,36)21-5-20-34/h3-4,6-15,22,34H,2,5,16-21H2,1H3. The topological polar surface area (TPSA) is 73.7 Å². The third kappa shape index (κ3) is 5.54. The van der Waals surface area contributed by atoms with E-state index in [1.165, 1.54) is 10.8 Å². The van der Waals surface area contributed by atoms with Crippen molar-refractivity contribution in [2.24, 2.45) is 0 Å². The van der Waals surface area contributed by atoms with Crippen LogP contribution in [0.5, 0.6) is 0 Å². The number of aliphatic hydroxyl groups is 1. The lowest BCUT2D eigenvalue weighted by Crippen LogP contribution is -2.46. The van der Waals surface area contributed by atoms with Gasteiger partial charge in [-0.1, -0.05) is 67.6 Å². The number of fused-ring (bicyclic) bond motifs is 1. The predicted molar refractivity (Wildman–Crippen MR) is 151 cm³/mol. The van der Waals surface area contributed by atoms with Crippen molar-refractivity contribution >= 4 is 26.4 Å². The Bertz CT molecular complexity index is 1460. The first-order valence-electron chi connectivity index (χ1n) is 12.9. The number of aliphatic hydroxyl groups excluding tert-OH is 1. The first kappa shape index (κ1) is 25.4. The van der Waals surface area contributed by atoms with Crippen molar-refractivity contribution in [1.29, 1.82) is 0 Å². The molecule has 1 aliphatic heterocycles. The van der Waals surface area contributed by atoms with E-state index >= 15 is 0 Å². The fourth-order valence-electron chi connectivity index (χ4n) is 4.91. The molecule has 0 atom stereocenters. The third-order valence-corrected chi connectivity index (χ3v) is 8.95. The van der Waals surface area contributed by atoms with E-state index in [0.717, 1.165) is 60.9 Å². The van der Waals surface area contributed by atoms with Crippen LogP contribution >= 0.6 is 0 Å². The van der Waals surface area contributed by atoms with E-state index in [-0.39, 0.29) is 23.7 Å². The highest BCUT2D eigenvalue weighted by molar-refractivity contribution is 7.91. The molecule has 1 saturated heterocycles. The lowest BCUT2D eigenvalue weighted by molar-refractivity contribution is 0.271. The molecule has 0 amide bonds. The number of anilines is 1. The van der Waals surface area contributed by atoms with E-state index in [0.29, 0.717) is 0 Å². The monoisotopic (exact) mass is 515 g/mol. The van der Waals surface area contributed by atoms with Gasteiger partial charge >= 0.3 is 0 Å². The van der Waals surface area contributed by atoms with Crippen LogP contribution in [0, 0.1) is 0 Å². The third-order valence-electron chi connectivity index (χ3n) is 7.14. The Morgan fingerprint density at radius 3 is 2.11 bits per heavy atom. The zero-order valence-corrected chi connectivity index (χ0v) is 22.0. The minimum Gasteiger partial charge on any atom is -0.396 e. The molecule has 6 nitrogen and oxygen atoms in total. The van der Waals surface area contributed by atoms with E-state index in [4.69, 9.17) is 10.1 Å². The second kappa shape index (κ2) is 11.0. The van der Waals surface area contributed by atoms with E-state index in [9.17, 15) is 8.42 Å². The molecule has 5 rings (SSSR count). The number of sulfone groups is 1. The Kier molecular flexibility index (Phi) is 7.55. The summed E-state index contributed by atoms with van der Waals surface area (Å²) in [6.45, 7) is 7.20. The normalized spacial score (nSPS) is 14.8. The van der Waals surface area contributed by atoms with E-state index < -0.39 is 9.84 Å². The van der Waals surface area contributed by atoms with Gasteiger partial charge in [-0.25, -0.2) is 13.4 Å². The van der Waals surface area contributed by atoms with Crippen LogP contribution in [0.2, 0.25) is 0 Å². The maximum absolute atomic E-state index is 12.4. The van der Waals surface area contributed by atoms with Crippen molar-refractivity contribution in [2.45, 2.75) is 18.2 Å². The number of benzene rings is 3. The Morgan fingerprint density at radius 2 is 1.46 bits per heavy atom. The summed E-state index contributed by atoms with van der Waals surface area (Å²) in [6.07, 6.45) is 0.241. The summed E-state index contributed by atoms with van der Waals surface area (Å²) in [7, 11) is -3.38. The van der Waals surface area contributed by atoms with Crippen molar-refractivity contribution < 1.29 is 13.5 Å². The van der Waals surface area contributed by atoms with Gasteiger partial charge in [-0.2, -0.15) is 0 Å². The number of rotatable bonds is 8. The maximum Gasteiger partial charge on any atom is 0.178 e. The van der Waals surface area contributed by atoms with Crippen molar-refractivity contribution in [1.82, 2.24) is 9.88 Å². The molecule has 0 radical (unpaired) electrons. The Morgan fingerprint density at radius 1 is 0.838 bits per heavy atom. The van der Waals surface area contributed by atoms with Gasteiger partial charge in [0.2, 0.25) is 0 Å². The second-order valence-corrected chi connectivity index (χ2v) is 11.6. The molecule has 7 heteroatoms. The van der Waals surface area contributed by atoms with E-state index in [2.05, 4.69) is 71.3 Å². The van der Waals surface area contributed by atoms with Crippen LogP contribution in [0.25, 0.3) is 33.2 Å². The summed E-state index contributed by atoms with van der Waals surface area (Å²) >= 11 is 0. The Hall–Kier alpha value is -3.26. The molecule has 0 unspecified atom stereocenters. The lowest BCUT2D eigenvalue weighted by Gasteiger charge is -2.35. The summed E-state index contributed by atoms with van der Waals surface area (Å²) < 4.78 is 24.8. The van der Waals surface area contributed by atoms with E-state index in [1.54, 1.807) is 12.1 Å². The van der Waals surface area contributed by atoms with Crippen molar-refractivity contribution in [3.8, 4) is 22.4 Å². The van der Waals surface area contributed by atoms with Crippen LogP contribution in [0.4, 0.5) is 5.82 Å². The zero-order valence-electron chi connectivity index (χ0n) is 21.2. The van der Waals surface area contributed by atoms with Gasteiger partial charge in [0.25, 0.3) is 0 Å². The average molecular weight is 516 g/mol. The fraction of sp³-hybridized carbons (Fsp3) is 0.300. The van der Waals surface area contributed by atoms with Gasteiger partial charge in [0.1, 0.15) is 5.82 Å². The molecule has 3 aromatic carbocycles. The molecule has 1 aliphatic rings. The molecule has 1 aromatic heterocycles. The van der Waals surface area contributed by atoms with Gasteiger partial charge in [-0.3, -0.25) is 0 Å². The molecule has 4 aromatic rings. The van der Waals surface area contributed by atoms with Gasteiger partial charge in [0.15, 0.2) is 9.84 Å². The van der Waals surface area contributed by atoms with E-state index in [1.807, 2.05) is 12.1 Å². The summed E-state index contributed by atoms with van der Waals surface area (Å²) in [5, 5.41) is 11.3. The fourth-order valence-corrected chi connectivity index (χ4v) is 6.20. The number of hydrogen-bond acceptors (Lipinski definition) is 6. The van der Waals surface area contributed by atoms with Crippen LogP contribution in [-0.2, 0) is 9.84 Å². The van der Waals surface area contributed by atoms with Crippen LogP contribution in [0.3, 0.4) is 0 Å². The number of pyridine rings is 1. The first-order chi connectivity index (χ1) is 18.0. The second-order valence-electron chi connectivity index (χ2n) is 9.47. The molecule has 37 heavy (non-hydrogen) atoms. The molecular formula is C30H33N3O3S. The highest BCUT2D eigenvalue weighted by atomic mass is 32.2. The Balaban J connectivity index is 1.41. The lowest BCUT2D eigenvalue weighted by atomic mass is 10.0. The molecule has 1 fully saturated rings. The summed E-state index contributed by atoms with van der Waals surface area (Å²) in [5.41, 5.74) is 3.96. The van der Waals surface area contributed by atoms with Gasteiger partial charge in [0.05, 0.1) is 16.3 Å². The molecule has 2 heterocycles. The summed E-state index contributed by atoms with van der Waals surface area (Å²) in [4.78, 5) is 10.3. The molecular weight excluding hydrogens is 482 g/mol.